The van der Waals surface area contributed by atoms with E-state index in [9.17, 15) is 4.79 Å². The molecule has 1 amide bonds. The monoisotopic (exact) mass is 394 g/mol. The fourth-order valence-corrected chi connectivity index (χ4v) is 10.7. The molecule has 2 N–H and O–H groups in total. The molecular weight excluding hydrogens is 371 g/mol. The highest BCUT2D eigenvalue weighted by Crippen LogP contribution is 2.41. The first-order valence-electron chi connectivity index (χ1n) is 9.33. The summed E-state index contributed by atoms with van der Waals surface area (Å²) in [4.78, 5) is 15.8. The number of amides is 1. The molecule has 0 bridgehead atoms. The van der Waals surface area contributed by atoms with Gasteiger partial charge in [-0.2, -0.15) is 0 Å². The van der Waals surface area contributed by atoms with Gasteiger partial charge in [0.1, 0.15) is 5.69 Å². The minimum Gasteiger partial charge on any atom is -0.350 e. The fraction of sp³-hybridized carbons (Fsp3) is 0.526. The zero-order valence-electron chi connectivity index (χ0n) is 14.3. The summed E-state index contributed by atoms with van der Waals surface area (Å²) in [5, 5.41) is 5.21. The van der Waals surface area contributed by atoms with E-state index in [0.29, 0.717) is 21.8 Å². The number of halogens is 2. The van der Waals surface area contributed by atoms with Gasteiger partial charge in [-0.25, -0.2) is 0 Å². The third-order valence-electron chi connectivity index (χ3n) is 6.19. The lowest BCUT2D eigenvalue weighted by Crippen LogP contribution is -2.46. The van der Waals surface area contributed by atoms with E-state index in [-0.39, 0.29) is 5.91 Å². The average molecular weight is 395 g/mol. The molecule has 6 heteroatoms. The summed E-state index contributed by atoms with van der Waals surface area (Å²) in [6.07, 6.45) is 6.64. The number of fused-ring (bicyclic) bond motifs is 1. The summed E-state index contributed by atoms with van der Waals surface area (Å²) in [6, 6.07) is 11.5. The van der Waals surface area contributed by atoms with Crippen LogP contribution < -0.4 is 5.32 Å². The molecule has 2 aliphatic rings. The smallest absolute Gasteiger partial charge is 0.267 e. The molecule has 2 aliphatic heterocycles. The van der Waals surface area contributed by atoms with Crippen LogP contribution in [0.15, 0.2) is 18.2 Å². The van der Waals surface area contributed by atoms with Gasteiger partial charge in [-0.05, 0) is 31.0 Å². The van der Waals surface area contributed by atoms with Crippen LogP contribution in [0.2, 0.25) is 34.2 Å². The zero-order chi connectivity index (χ0) is 17.4. The number of H-pyrrole nitrogens is 1. The summed E-state index contributed by atoms with van der Waals surface area (Å²) in [5.74, 6) is -0.0327. The van der Waals surface area contributed by atoms with Crippen molar-refractivity contribution in [3.05, 3.63) is 33.9 Å². The molecule has 4 rings (SSSR count). The number of rotatable bonds is 2. The van der Waals surface area contributed by atoms with Crippen molar-refractivity contribution in [3.63, 3.8) is 0 Å². The van der Waals surface area contributed by atoms with Crippen LogP contribution in [0.25, 0.3) is 10.9 Å². The van der Waals surface area contributed by atoms with E-state index in [2.05, 4.69) is 10.3 Å². The van der Waals surface area contributed by atoms with E-state index in [0.717, 1.165) is 23.7 Å². The Morgan fingerprint density at radius 2 is 1.76 bits per heavy atom. The lowest BCUT2D eigenvalue weighted by atomic mass is 10.1. The van der Waals surface area contributed by atoms with E-state index in [1.807, 2.05) is 6.07 Å². The summed E-state index contributed by atoms with van der Waals surface area (Å²) < 4.78 is 0. The molecular formula is C19H24Cl2N2OSi. The Bertz CT molecular complexity index is 788. The summed E-state index contributed by atoms with van der Waals surface area (Å²) in [5.41, 5.74) is 1.37. The Hall–Kier alpha value is -0.973. The molecule has 2 aromatic rings. The molecule has 2 fully saturated rings. The van der Waals surface area contributed by atoms with Crippen LogP contribution in [0.4, 0.5) is 0 Å². The van der Waals surface area contributed by atoms with Gasteiger partial charge in [0.2, 0.25) is 0 Å². The van der Waals surface area contributed by atoms with E-state index >= 15 is 0 Å². The first kappa shape index (κ1) is 17.4. The number of nitrogens with one attached hydrogen (secondary N) is 2. The van der Waals surface area contributed by atoms with Crippen LogP contribution in [0.3, 0.4) is 0 Å². The van der Waals surface area contributed by atoms with Gasteiger partial charge < -0.3 is 10.3 Å². The van der Waals surface area contributed by atoms with E-state index in [4.69, 9.17) is 23.2 Å². The third-order valence-corrected chi connectivity index (χ3v) is 12.3. The molecule has 134 valence electrons. The second-order valence-corrected chi connectivity index (χ2v) is 13.7. The van der Waals surface area contributed by atoms with Gasteiger partial charge in [0.15, 0.2) is 0 Å². The summed E-state index contributed by atoms with van der Waals surface area (Å²) in [6.45, 7) is 0. The molecule has 0 atom stereocenters. The maximum absolute atomic E-state index is 12.6. The molecule has 0 unspecified atom stereocenters. The van der Waals surface area contributed by atoms with Gasteiger partial charge in [0.05, 0.1) is 13.1 Å². The Morgan fingerprint density at radius 3 is 2.48 bits per heavy atom. The highest BCUT2D eigenvalue weighted by Gasteiger charge is 2.38. The molecule has 2 saturated heterocycles. The topological polar surface area (TPSA) is 44.9 Å². The van der Waals surface area contributed by atoms with Crippen molar-refractivity contribution in [1.29, 1.82) is 0 Å². The van der Waals surface area contributed by atoms with Crippen molar-refractivity contribution in [2.24, 2.45) is 0 Å². The van der Waals surface area contributed by atoms with Crippen molar-refractivity contribution >= 4 is 48.1 Å². The van der Waals surface area contributed by atoms with E-state index in [1.165, 1.54) is 43.4 Å². The second kappa shape index (κ2) is 6.97. The molecule has 3 heterocycles. The first-order chi connectivity index (χ1) is 12.0. The van der Waals surface area contributed by atoms with Crippen molar-refractivity contribution in [2.75, 3.05) is 0 Å². The number of carbonyl (C=O) groups is 1. The summed E-state index contributed by atoms with van der Waals surface area (Å²) in [7, 11) is -0.973. The van der Waals surface area contributed by atoms with Gasteiger partial charge in [-0.3, -0.25) is 4.79 Å². The number of benzene rings is 1. The Labute approximate surface area is 159 Å². The molecule has 25 heavy (non-hydrogen) atoms. The van der Waals surface area contributed by atoms with Crippen LogP contribution in [0.1, 0.15) is 42.6 Å². The van der Waals surface area contributed by atoms with Gasteiger partial charge in [0, 0.05) is 22.0 Å². The highest BCUT2D eigenvalue weighted by atomic mass is 35.5. The third kappa shape index (κ3) is 3.62. The molecule has 0 aliphatic carbocycles. The lowest BCUT2D eigenvalue weighted by Gasteiger charge is -2.41. The fourth-order valence-electron chi connectivity index (χ4n) is 4.72. The number of aromatic amines is 1. The SMILES string of the molecule is O=C(NC1CC[Si]2(CCCCC2)CC1)c1cc2c(Cl)cc(Cl)cc2[nH]1. The Morgan fingerprint density at radius 1 is 1.04 bits per heavy atom. The molecule has 1 spiro atoms. The lowest BCUT2D eigenvalue weighted by molar-refractivity contribution is 0.0929. The van der Waals surface area contributed by atoms with Crippen molar-refractivity contribution < 1.29 is 4.79 Å². The quantitative estimate of drug-likeness (QED) is 0.602. The Balaban J connectivity index is 1.42. The largest absolute Gasteiger partial charge is 0.350 e. The van der Waals surface area contributed by atoms with Gasteiger partial charge in [-0.15, -0.1) is 0 Å². The van der Waals surface area contributed by atoms with Gasteiger partial charge in [0.25, 0.3) is 5.91 Å². The number of aromatic nitrogens is 1. The molecule has 0 saturated carbocycles. The predicted molar refractivity (Wildman–Crippen MR) is 108 cm³/mol. The van der Waals surface area contributed by atoms with E-state index < -0.39 is 8.07 Å². The maximum Gasteiger partial charge on any atom is 0.267 e. The average Bonchev–Trinajstić information content (AvgIpc) is 3.02. The zero-order valence-corrected chi connectivity index (χ0v) is 16.8. The minimum absolute atomic E-state index is 0.0327. The second-order valence-electron chi connectivity index (χ2n) is 7.84. The van der Waals surface area contributed by atoms with Crippen molar-refractivity contribution in [2.45, 2.75) is 62.3 Å². The number of carbonyl (C=O) groups excluding carboxylic acids is 1. The van der Waals surface area contributed by atoms with Crippen molar-refractivity contribution in [3.8, 4) is 0 Å². The maximum atomic E-state index is 12.6. The van der Waals surface area contributed by atoms with Crippen molar-refractivity contribution in [1.82, 2.24) is 10.3 Å². The van der Waals surface area contributed by atoms with E-state index in [1.54, 1.807) is 12.1 Å². The van der Waals surface area contributed by atoms with Crippen LogP contribution in [0, 0.1) is 0 Å². The number of hydrogen-bond acceptors (Lipinski definition) is 1. The minimum atomic E-state index is -0.973. The number of hydrogen-bond donors (Lipinski definition) is 2. The molecule has 1 aromatic heterocycles. The Kier molecular flexibility index (Phi) is 4.86. The molecule has 3 nitrogen and oxygen atoms in total. The molecule has 1 aromatic carbocycles. The van der Waals surface area contributed by atoms with Crippen LogP contribution >= 0.6 is 23.2 Å². The summed E-state index contributed by atoms with van der Waals surface area (Å²) >= 11 is 12.3. The standard InChI is InChI=1S/C19H24Cl2N2OSi/c20-13-10-16(21)15-12-18(23-17(15)11-13)19(24)22-14-4-8-25(9-5-14)6-2-1-3-7-25/h10-12,14,23H,1-9H2,(H,22,24). The molecule has 0 radical (unpaired) electrons. The first-order valence-corrected chi connectivity index (χ1v) is 12.9. The highest BCUT2D eigenvalue weighted by molar-refractivity contribution is 6.80. The van der Waals surface area contributed by atoms with Gasteiger partial charge in [-0.1, -0.05) is 66.6 Å². The van der Waals surface area contributed by atoms with Gasteiger partial charge >= 0.3 is 0 Å². The van der Waals surface area contributed by atoms with Crippen LogP contribution in [-0.2, 0) is 0 Å². The van der Waals surface area contributed by atoms with Crippen LogP contribution in [-0.4, -0.2) is 25.0 Å². The van der Waals surface area contributed by atoms with Crippen LogP contribution in [0.5, 0.6) is 0 Å². The normalized spacial score (nSPS) is 20.9. The predicted octanol–water partition coefficient (Wildman–Crippen LogP) is 6.00.